The summed E-state index contributed by atoms with van der Waals surface area (Å²) in [7, 11) is 0. The Kier molecular flexibility index (Phi) is 4.98. The standard InChI is InChI=1S/C21H14Cl2N2O2S/c1-12-8-9-13(22)11-15(12)24-19-18(17-7-4-10-28-17)20(26)25(21(19)27)16-6-3-2-5-14(16)23/h2-11,24H,1H3. The van der Waals surface area contributed by atoms with Crippen LogP contribution in [0.1, 0.15) is 10.4 Å². The Morgan fingerprint density at radius 1 is 0.964 bits per heavy atom. The maximum Gasteiger partial charge on any atom is 0.282 e. The molecule has 0 spiro atoms. The molecule has 3 aromatic rings. The maximum atomic E-state index is 13.3. The van der Waals surface area contributed by atoms with Gasteiger partial charge in [-0.15, -0.1) is 11.3 Å². The van der Waals surface area contributed by atoms with Gasteiger partial charge in [0.05, 0.1) is 16.3 Å². The van der Waals surface area contributed by atoms with Gasteiger partial charge in [0.15, 0.2) is 0 Å². The monoisotopic (exact) mass is 428 g/mol. The molecule has 1 aliphatic rings. The number of anilines is 2. The Morgan fingerprint density at radius 3 is 2.46 bits per heavy atom. The minimum Gasteiger partial charge on any atom is -0.350 e. The summed E-state index contributed by atoms with van der Waals surface area (Å²) in [4.78, 5) is 28.3. The molecule has 140 valence electrons. The van der Waals surface area contributed by atoms with Gasteiger partial charge in [0.2, 0.25) is 0 Å². The number of carbonyl (C=O) groups is 2. The van der Waals surface area contributed by atoms with Gasteiger partial charge in [0.25, 0.3) is 11.8 Å². The van der Waals surface area contributed by atoms with E-state index in [4.69, 9.17) is 23.2 Å². The molecule has 28 heavy (non-hydrogen) atoms. The second-order valence-electron chi connectivity index (χ2n) is 6.21. The van der Waals surface area contributed by atoms with Gasteiger partial charge in [-0.05, 0) is 48.2 Å². The van der Waals surface area contributed by atoms with Crippen molar-refractivity contribution in [1.82, 2.24) is 0 Å². The highest BCUT2D eigenvalue weighted by Crippen LogP contribution is 2.38. The van der Waals surface area contributed by atoms with Crippen LogP contribution in [0.25, 0.3) is 5.57 Å². The van der Waals surface area contributed by atoms with Crippen molar-refractivity contribution in [3.05, 3.63) is 86.2 Å². The van der Waals surface area contributed by atoms with Crippen LogP contribution in [-0.2, 0) is 9.59 Å². The van der Waals surface area contributed by atoms with Gasteiger partial charge in [0.1, 0.15) is 5.70 Å². The van der Waals surface area contributed by atoms with E-state index in [0.29, 0.717) is 31.9 Å². The van der Waals surface area contributed by atoms with Crippen molar-refractivity contribution in [3.63, 3.8) is 0 Å². The second kappa shape index (κ2) is 7.43. The second-order valence-corrected chi connectivity index (χ2v) is 8.00. The third-order valence-electron chi connectivity index (χ3n) is 4.40. The number of nitrogens with zero attached hydrogens (tertiary/aromatic N) is 1. The average Bonchev–Trinajstić information content (AvgIpc) is 3.27. The quantitative estimate of drug-likeness (QED) is 0.537. The molecular formula is C21H14Cl2N2O2S. The van der Waals surface area contributed by atoms with E-state index in [1.807, 2.05) is 30.5 Å². The van der Waals surface area contributed by atoms with Gasteiger partial charge < -0.3 is 5.32 Å². The van der Waals surface area contributed by atoms with Gasteiger partial charge in [0, 0.05) is 15.6 Å². The number of carbonyl (C=O) groups excluding carboxylic acids is 2. The molecule has 0 unspecified atom stereocenters. The Morgan fingerprint density at radius 2 is 1.75 bits per heavy atom. The first-order valence-corrected chi connectivity index (χ1v) is 10.1. The summed E-state index contributed by atoms with van der Waals surface area (Å²) in [6.45, 7) is 1.90. The molecule has 2 heterocycles. The number of rotatable bonds is 4. The molecule has 4 rings (SSSR count). The van der Waals surface area contributed by atoms with Crippen LogP contribution < -0.4 is 10.2 Å². The van der Waals surface area contributed by atoms with Crippen molar-refractivity contribution < 1.29 is 9.59 Å². The SMILES string of the molecule is Cc1ccc(Cl)cc1NC1=C(c2cccs2)C(=O)N(c2ccccc2Cl)C1=O. The fraction of sp³-hybridized carbons (Fsp3) is 0.0476. The molecule has 0 saturated heterocycles. The van der Waals surface area contributed by atoms with Crippen LogP contribution in [0.2, 0.25) is 10.0 Å². The number of para-hydroxylation sites is 1. The van der Waals surface area contributed by atoms with E-state index in [9.17, 15) is 9.59 Å². The average molecular weight is 429 g/mol. The molecule has 1 aromatic heterocycles. The summed E-state index contributed by atoms with van der Waals surface area (Å²) in [5.74, 6) is -0.872. The summed E-state index contributed by atoms with van der Waals surface area (Å²) >= 11 is 13.8. The summed E-state index contributed by atoms with van der Waals surface area (Å²) in [6, 6.07) is 15.8. The third-order valence-corrected chi connectivity index (χ3v) is 5.85. The van der Waals surface area contributed by atoms with Gasteiger partial charge >= 0.3 is 0 Å². The van der Waals surface area contributed by atoms with E-state index >= 15 is 0 Å². The van der Waals surface area contributed by atoms with E-state index in [1.54, 1.807) is 36.4 Å². The van der Waals surface area contributed by atoms with E-state index in [1.165, 1.54) is 11.3 Å². The number of halogens is 2. The van der Waals surface area contributed by atoms with Gasteiger partial charge in [-0.1, -0.05) is 47.5 Å². The highest BCUT2D eigenvalue weighted by Gasteiger charge is 2.41. The smallest absolute Gasteiger partial charge is 0.282 e. The van der Waals surface area contributed by atoms with E-state index in [-0.39, 0.29) is 5.70 Å². The van der Waals surface area contributed by atoms with Crippen LogP contribution >= 0.6 is 34.5 Å². The number of hydrogen-bond acceptors (Lipinski definition) is 4. The number of benzene rings is 2. The molecule has 0 aliphatic carbocycles. The number of nitrogens with one attached hydrogen (secondary N) is 1. The predicted octanol–water partition coefficient (Wildman–Crippen LogP) is 5.76. The summed E-state index contributed by atoms with van der Waals surface area (Å²) in [6.07, 6.45) is 0. The van der Waals surface area contributed by atoms with Crippen LogP contribution in [0.4, 0.5) is 11.4 Å². The Hall–Kier alpha value is -2.60. The molecule has 7 heteroatoms. The van der Waals surface area contributed by atoms with Gasteiger partial charge in [-0.3, -0.25) is 9.59 Å². The molecule has 0 atom stereocenters. The maximum absolute atomic E-state index is 13.3. The molecule has 0 bridgehead atoms. The normalized spacial score (nSPS) is 14.2. The van der Waals surface area contributed by atoms with Crippen molar-refractivity contribution in [1.29, 1.82) is 0 Å². The Labute approximate surface area is 176 Å². The van der Waals surface area contributed by atoms with E-state index in [2.05, 4.69) is 5.32 Å². The molecule has 4 nitrogen and oxygen atoms in total. The van der Waals surface area contributed by atoms with Crippen LogP contribution in [0.5, 0.6) is 0 Å². The number of thiophene rings is 1. The van der Waals surface area contributed by atoms with Crippen molar-refractivity contribution in [3.8, 4) is 0 Å². The van der Waals surface area contributed by atoms with Crippen LogP contribution in [0.15, 0.2) is 65.7 Å². The topological polar surface area (TPSA) is 49.4 Å². The molecular weight excluding hydrogens is 415 g/mol. The Bertz CT molecular complexity index is 1120. The zero-order valence-corrected chi connectivity index (χ0v) is 17.0. The number of amides is 2. The van der Waals surface area contributed by atoms with E-state index in [0.717, 1.165) is 10.5 Å². The minimum absolute atomic E-state index is 0.206. The number of aryl methyl sites for hydroxylation is 1. The summed E-state index contributed by atoms with van der Waals surface area (Å²) in [5.41, 5.74) is 2.45. The van der Waals surface area contributed by atoms with Gasteiger partial charge in [-0.25, -0.2) is 4.90 Å². The number of hydrogen-bond donors (Lipinski definition) is 1. The Balaban J connectivity index is 1.84. The minimum atomic E-state index is -0.458. The fourth-order valence-corrected chi connectivity index (χ4v) is 4.17. The van der Waals surface area contributed by atoms with Crippen molar-refractivity contribution in [2.75, 3.05) is 10.2 Å². The van der Waals surface area contributed by atoms with E-state index < -0.39 is 11.8 Å². The van der Waals surface area contributed by atoms with Crippen molar-refractivity contribution >= 4 is 63.3 Å². The highest BCUT2D eigenvalue weighted by atomic mass is 35.5. The van der Waals surface area contributed by atoms with Crippen molar-refractivity contribution in [2.24, 2.45) is 0 Å². The zero-order chi connectivity index (χ0) is 19.8. The molecule has 2 amide bonds. The summed E-state index contributed by atoms with van der Waals surface area (Å²) in [5, 5.41) is 5.86. The fourth-order valence-electron chi connectivity index (χ4n) is 3.01. The lowest BCUT2D eigenvalue weighted by molar-refractivity contribution is -0.120. The molecule has 0 fully saturated rings. The first-order chi connectivity index (χ1) is 13.5. The first-order valence-electron chi connectivity index (χ1n) is 8.42. The van der Waals surface area contributed by atoms with Crippen LogP contribution in [0, 0.1) is 6.92 Å². The lowest BCUT2D eigenvalue weighted by atomic mass is 10.1. The number of imide groups is 1. The highest BCUT2D eigenvalue weighted by molar-refractivity contribution is 7.11. The third kappa shape index (κ3) is 3.22. The zero-order valence-electron chi connectivity index (χ0n) is 14.7. The predicted molar refractivity (Wildman–Crippen MR) is 115 cm³/mol. The molecule has 2 aromatic carbocycles. The lowest BCUT2D eigenvalue weighted by Crippen LogP contribution is -2.32. The lowest BCUT2D eigenvalue weighted by Gasteiger charge is -2.17. The van der Waals surface area contributed by atoms with Crippen molar-refractivity contribution in [2.45, 2.75) is 6.92 Å². The largest absolute Gasteiger partial charge is 0.350 e. The molecule has 1 aliphatic heterocycles. The van der Waals surface area contributed by atoms with Crippen LogP contribution in [-0.4, -0.2) is 11.8 Å². The van der Waals surface area contributed by atoms with Crippen LogP contribution in [0.3, 0.4) is 0 Å². The molecule has 1 N–H and O–H groups in total. The first kappa shape index (κ1) is 18.7. The molecule has 0 radical (unpaired) electrons. The summed E-state index contributed by atoms with van der Waals surface area (Å²) < 4.78 is 0. The molecule has 0 saturated carbocycles. The van der Waals surface area contributed by atoms with Gasteiger partial charge in [-0.2, -0.15) is 0 Å².